The van der Waals surface area contributed by atoms with Gasteiger partial charge < -0.3 is 14.8 Å². The van der Waals surface area contributed by atoms with Gasteiger partial charge in [-0.1, -0.05) is 26.8 Å². The minimum Gasteiger partial charge on any atom is -0.478 e. The molecule has 1 amide bonds. The van der Waals surface area contributed by atoms with Gasteiger partial charge in [-0.3, -0.25) is 4.79 Å². The van der Waals surface area contributed by atoms with E-state index in [1.54, 1.807) is 24.3 Å². The van der Waals surface area contributed by atoms with E-state index in [4.69, 9.17) is 9.52 Å². The number of rotatable bonds is 3. The van der Waals surface area contributed by atoms with Crippen molar-refractivity contribution in [2.75, 3.05) is 5.32 Å². The number of benzene rings is 1. The van der Waals surface area contributed by atoms with E-state index < -0.39 is 11.9 Å². The van der Waals surface area contributed by atoms with Crippen molar-refractivity contribution in [3.8, 4) is 0 Å². The molecule has 2 rings (SSSR count). The molecule has 0 saturated carbocycles. The number of carbonyl (C=O) groups is 2. The maximum atomic E-state index is 12.1. The highest BCUT2D eigenvalue weighted by atomic mass is 16.4. The van der Waals surface area contributed by atoms with Gasteiger partial charge in [0.2, 0.25) is 0 Å². The van der Waals surface area contributed by atoms with Crippen LogP contribution in [-0.2, 0) is 5.41 Å². The van der Waals surface area contributed by atoms with Crippen LogP contribution in [0.5, 0.6) is 0 Å². The Morgan fingerprint density at radius 1 is 1.14 bits per heavy atom. The van der Waals surface area contributed by atoms with Crippen molar-refractivity contribution in [3.63, 3.8) is 0 Å². The van der Waals surface area contributed by atoms with Gasteiger partial charge in [0.05, 0.1) is 5.56 Å². The van der Waals surface area contributed by atoms with Crippen LogP contribution in [0.25, 0.3) is 0 Å². The average molecular weight is 287 g/mol. The van der Waals surface area contributed by atoms with E-state index in [0.717, 1.165) is 0 Å². The van der Waals surface area contributed by atoms with Crippen LogP contribution in [0.3, 0.4) is 0 Å². The summed E-state index contributed by atoms with van der Waals surface area (Å²) >= 11 is 0. The molecule has 0 radical (unpaired) electrons. The number of nitrogens with one attached hydrogen (secondary N) is 1. The Kier molecular flexibility index (Phi) is 3.84. The van der Waals surface area contributed by atoms with E-state index in [1.807, 2.05) is 20.8 Å². The summed E-state index contributed by atoms with van der Waals surface area (Å²) in [5.41, 5.74) is 0.345. The zero-order chi connectivity index (χ0) is 15.6. The number of anilines is 1. The number of hydrogen-bond donors (Lipinski definition) is 2. The van der Waals surface area contributed by atoms with E-state index in [0.29, 0.717) is 11.4 Å². The summed E-state index contributed by atoms with van der Waals surface area (Å²) in [4.78, 5) is 23.0. The van der Waals surface area contributed by atoms with Gasteiger partial charge in [0.25, 0.3) is 5.91 Å². The van der Waals surface area contributed by atoms with Crippen molar-refractivity contribution >= 4 is 17.6 Å². The topological polar surface area (TPSA) is 79.5 Å². The van der Waals surface area contributed by atoms with Gasteiger partial charge in [-0.25, -0.2) is 4.79 Å². The maximum Gasteiger partial charge on any atom is 0.335 e. The minimum atomic E-state index is -1.04. The van der Waals surface area contributed by atoms with Crippen LogP contribution in [0.15, 0.2) is 40.8 Å². The maximum absolute atomic E-state index is 12.1. The standard InChI is InChI=1S/C16H17NO4/c1-16(2,3)13-8-7-12(21-13)14(18)17-11-6-4-5-10(9-11)15(19)20/h4-9H,1-3H3,(H,17,18)(H,19,20). The van der Waals surface area contributed by atoms with Crippen LogP contribution in [0, 0.1) is 0 Å². The lowest BCUT2D eigenvalue weighted by atomic mass is 9.94. The van der Waals surface area contributed by atoms with Gasteiger partial charge in [-0.05, 0) is 30.3 Å². The van der Waals surface area contributed by atoms with Crippen molar-refractivity contribution in [3.05, 3.63) is 53.5 Å². The summed E-state index contributed by atoms with van der Waals surface area (Å²) in [7, 11) is 0. The molecule has 1 heterocycles. The van der Waals surface area contributed by atoms with E-state index in [-0.39, 0.29) is 16.7 Å². The number of carbonyl (C=O) groups excluding carboxylic acids is 1. The highest BCUT2D eigenvalue weighted by Gasteiger charge is 2.20. The summed E-state index contributed by atoms with van der Waals surface area (Å²) < 4.78 is 5.53. The predicted octanol–water partition coefficient (Wildman–Crippen LogP) is 3.53. The van der Waals surface area contributed by atoms with Gasteiger partial charge in [-0.2, -0.15) is 0 Å². The van der Waals surface area contributed by atoms with Crippen molar-refractivity contribution < 1.29 is 19.1 Å². The fourth-order valence-electron chi connectivity index (χ4n) is 1.79. The Hall–Kier alpha value is -2.56. The molecule has 0 unspecified atom stereocenters. The molecule has 110 valence electrons. The van der Waals surface area contributed by atoms with E-state index >= 15 is 0 Å². The monoisotopic (exact) mass is 287 g/mol. The Morgan fingerprint density at radius 3 is 2.43 bits per heavy atom. The van der Waals surface area contributed by atoms with E-state index in [9.17, 15) is 9.59 Å². The predicted molar refractivity (Wildman–Crippen MR) is 78.8 cm³/mol. The van der Waals surface area contributed by atoms with Gasteiger partial charge in [-0.15, -0.1) is 0 Å². The van der Waals surface area contributed by atoms with Crippen LogP contribution in [0.2, 0.25) is 0 Å². The first-order valence-corrected chi connectivity index (χ1v) is 6.52. The summed E-state index contributed by atoms with van der Waals surface area (Å²) in [5, 5.41) is 11.5. The number of carboxylic acid groups (broad SMARTS) is 1. The van der Waals surface area contributed by atoms with Gasteiger partial charge in [0.1, 0.15) is 5.76 Å². The first-order chi connectivity index (χ1) is 9.77. The fraction of sp³-hybridized carbons (Fsp3) is 0.250. The molecule has 0 aliphatic rings. The number of amides is 1. The molecule has 0 aliphatic heterocycles. The van der Waals surface area contributed by atoms with Gasteiger partial charge in [0.15, 0.2) is 5.76 Å². The second kappa shape index (κ2) is 5.44. The first-order valence-electron chi connectivity index (χ1n) is 6.52. The Morgan fingerprint density at radius 2 is 1.86 bits per heavy atom. The largest absolute Gasteiger partial charge is 0.478 e. The Balaban J connectivity index is 2.16. The van der Waals surface area contributed by atoms with Crippen molar-refractivity contribution in [2.24, 2.45) is 0 Å². The molecule has 1 aromatic carbocycles. The number of hydrogen-bond acceptors (Lipinski definition) is 3. The second-order valence-electron chi connectivity index (χ2n) is 5.75. The summed E-state index contributed by atoms with van der Waals surface area (Å²) in [6.45, 7) is 5.97. The van der Waals surface area contributed by atoms with Crippen molar-refractivity contribution in [1.29, 1.82) is 0 Å². The lowest BCUT2D eigenvalue weighted by molar-refractivity contribution is 0.0696. The molecule has 5 heteroatoms. The number of aromatic carboxylic acids is 1. The molecular weight excluding hydrogens is 270 g/mol. The van der Waals surface area contributed by atoms with Gasteiger partial charge >= 0.3 is 5.97 Å². The Labute approximate surface area is 122 Å². The second-order valence-corrected chi connectivity index (χ2v) is 5.75. The molecule has 2 aromatic rings. The third-order valence-corrected chi connectivity index (χ3v) is 2.94. The molecule has 0 bridgehead atoms. The molecule has 0 atom stereocenters. The number of furan rings is 1. The van der Waals surface area contributed by atoms with Gasteiger partial charge in [0, 0.05) is 11.1 Å². The zero-order valence-corrected chi connectivity index (χ0v) is 12.1. The molecule has 2 N–H and O–H groups in total. The van der Waals surface area contributed by atoms with Crippen LogP contribution in [0.1, 0.15) is 47.4 Å². The third-order valence-electron chi connectivity index (χ3n) is 2.94. The molecule has 5 nitrogen and oxygen atoms in total. The molecule has 0 saturated heterocycles. The average Bonchev–Trinajstić information content (AvgIpc) is 2.88. The highest BCUT2D eigenvalue weighted by molar-refractivity contribution is 6.03. The SMILES string of the molecule is CC(C)(C)c1ccc(C(=O)Nc2cccc(C(=O)O)c2)o1. The lowest BCUT2D eigenvalue weighted by Crippen LogP contribution is -2.12. The Bertz CT molecular complexity index is 680. The zero-order valence-electron chi connectivity index (χ0n) is 12.1. The quantitative estimate of drug-likeness (QED) is 0.905. The summed E-state index contributed by atoms with van der Waals surface area (Å²) in [6, 6.07) is 9.43. The first kappa shape index (κ1) is 14.8. The van der Waals surface area contributed by atoms with Crippen LogP contribution in [-0.4, -0.2) is 17.0 Å². The van der Waals surface area contributed by atoms with E-state index in [1.165, 1.54) is 12.1 Å². The van der Waals surface area contributed by atoms with E-state index in [2.05, 4.69) is 5.32 Å². The third kappa shape index (κ3) is 3.51. The molecule has 21 heavy (non-hydrogen) atoms. The molecule has 0 fully saturated rings. The molecular formula is C16H17NO4. The fourth-order valence-corrected chi connectivity index (χ4v) is 1.79. The van der Waals surface area contributed by atoms with Crippen LogP contribution >= 0.6 is 0 Å². The minimum absolute atomic E-state index is 0.114. The smallest absolute Gasteiger partial charge is 0.335 e. The lowest BCUT2D eigenvalue weighted by Gasteiger charge is -2.14. The van der Waals surface area contributed by atoms with Crippen LogP contribution < -0.4 is 5.32 Å². The molecule has 0 spiro atoms. The van der Waals surface area contributed by atoms with Crippen LogP contribution in [0.4, 0.5) is 5.69 Å². The van der Waals surface area contributed by atoms with Crippen molar-refractivity contribution in [2.45, 2.75) is 26.2 Å². The van der Waals surface area contributed by atoms with Crippen molar-refractivity contribution in [1.82, 2.24) is 0 Å². The number of carboxylic acids is 1. The highest BCUT2D eigenvalue weighted by Crippen LogP contribution is 2.24. The normalized spacial score (nSPS) is 11.2. The summed E-state index contributed by atoms with van der Waals surface area (Å²) in [5.74, 6) is -0.542. The molecule has 0 aliphatic carbocycles. The molecule has 1 aromatic heterocycles. The summed E-state index contributed by atoms with van der Waals surface area (Å²) in [6.07, 6.45) is 0.